The Labute approximate surface area is 209 Å². The Balaban J connectivity index is 1.81. The first-order chi connectivity index (χ1) is 17.5. The van der Waals surface area contributed by atoms with Gasteiger partial charge in [-0.15, -0.1) is 0 Å². The summed E-state index contributed by atoms with van der Waals surface area (Å²) in [5.74, 6) is 1.96. The summed E-state index contributed by atoms with van der Waals surface area (Å²) in [5.41, 5.74) is 1.94. The van der Waals surface area contributed by atoms with E-state index in [-0.39, 0.29) is 0 Å². The van der Waals surface area contributed by atoms with Gasteiger partial charge in [0.2, 0.25) is 0 Å². The molecular formula is C30H26O6. The third-order valence-corrected chi connectivity index (χ3v) is 6.51. The quantitative estimate of drug-likeness (QED) is 0.314. The fourth-order valence-electron chi connectivity index (χ4n) is 4.66. The van der Waals surface area contributed by atoms with Crippen molar-refractivity contribution in [2.45, 2.75) is 5.60 Å². The van der Waals surface area contributed by atoms with Crippen LogP contribution in [-0.4, -0.2) is 34.4 Å². The highest BCUT2D eigenvalue weighted by Gasteiger charge is 2.39. The van der Waals surface area contributed by atoms with Crippen LogP contribution < -0.4 is 18.9 Å². The maximum absolute atomic E-state index is 12.8. The molecule has 182 valence electrons. The minimum Gasteiger partial charge on any atom is -0.497 e. The van der Waals surface area contributed by atoms with E-state index in [9.17, 15) is 4.79 Å². The highest BCUT2D eigenvalue weighted by molar-refractivity contribution is 6.04. The zero-order chi connectivity index (χ0) is 25.3. The number of benzene rings is 4. The van der Waals surface area contributed by atoms with E-state index in [1.165, 1.54) is 7.11 Å². The highest BCUT2D eigenvalue weighted by Crippen LogP contribution is 2.48. The van der Waals surface area contributed by atoms with E-state index in [0.29, 0.717) is 28.4 Å². The molecule has 0 saturated carbocycles. The van der Waals surface area contributed by atoms with E-state index in [2.05, 4.69) is 0 Å². The summed E-state index contributed by atoms with van der Waals surface area (Å²) < 4.78 is 28.5. The largest absolute Gasteiger partial charge is 0.497 e. The number of rotatable bonds is 6. The van der Waals surface area contributed by atoms with Crippen molar-refractivity contribution in [3.8, 4) is 23.0 Å². The van der Waals surface area contributed by atoms with Crippen molar-refractivity contribution in [3.63, 3.8) is 0 Å². The Hall–Kier alpha value is -4.45. The second-order valence-electron chi connectivity index (χ2n) is 8.35. The first-order valence-electron chi connectivity index (χ1n) is 11.4. The number of hydrogen-bond acceptors (Lipinski definition) is 6. The van der Waals surface area contributed by atoms with Crippen LogP contribution in [0, 0.1) is 0 Å². The van der Waals surface area contributed by atoms with E-state index in [4.69, 9.17) is 23.7 Å². The number of ether oxygens (including phenoxy) is 5. The van der Waals surface area contributed by atoms with Gasteiger partial charge in [-0.25, -0.2) is 4.79 Å². The first kappa shape index (κ1) is 23.3. The monoisotopic (exact) mass is 482 g/mol. The number of carbonyl (C=O) groups excluding carboxylic acids is 1. The minimum absolute atomic E-state index is 0.403. The number of carbonyl (C=O) groups is 1. The average molecular weight is 483 g/mol. The maximum atomic E-state index is 12.8. The molecule has 1 unspecified atom stereocenters. The van der Waals surface area contributed by atoms with Crippen LogP contribution in [-0.2, 0) is 10.3 Å². The summed E-state index contributed by atoms with van der Waals surface area (Å²) in [6, 6.07) is 23.2. The van der Waals surface area contributed by atoms with Crippen LogP contribution in [0.1, 0.15) is 27.0 Å². The van der Waals surface area contributed by atoms with Gasteiger partial charge in [0, 0.05) is 22.1 Å². The van der Waals surface area contributed by atoms with Gasteiger partial charge in [0.15, 0.2) is 17.1 Å². The molecule has 5 rings (SSSR count). The molecule has 1 aliphatic heterocycles. The lowest BCUT2D eigenvalue weighted by Crippen LogP contribution is -2.34. The lowest BCUT2D eigenvalue weighted by molar-refractivity contribution is 0.0599. The smallest absolute Gasteiger partial charge is 0.338 e. The fraction of sp³-hybridized carbons (Fsp3) is 0.167. The number of fused-ring (bicyclic) bond motifs is 3. The van der Waals surface area contributed by atoms with Gasteiger partial charge in [-0.3, -0.25) is 0 Å². The molecule has 1 aliphatic rings. The van der Waals surface area contributed by atoms with Crippen molar-refractivity contribution in [3.05, 3.63) is 101 Å². The Morgan fingerprint density at radius 3 is 2.08 bits per heavy atom. The van der Waals surface area contributed by atoms with Crippen LogP contribution >= 0.6 is 0 Å². The molecule has 36 heavy (non-hydrogen) atoms. The minimum atomic E-state index is -0.949. The molecule has 6 nitrogen and oxygen atoms in total. The van der Waals surface area contributed by atoms with E-state index in [0.717, 1.165) is 27.6 Å². The second-order valence-corrected chi connectivity index (χ2v) is 8.35. The normalized spacial score (nSPS) is 16.1. The molecule has 1 atom stereocenters. The predicted molar refractivity (Wildman–Crippen MR) is 138 cm³/mol. The first-order valence-corrected chi connectivity index (χ1v) is 11.4. The molecule has 6 heteroatoms. The van der Waals surface area contributed by atoms with Crippen molar-refractivity contribution in [2.75, 3.05) is 28.4 Å². The van der Waals surface area contributed by atoms with Crippen LogP contribution in [0.5, 0.6) is 23.0 Å². The van der Waals surface area contributed by atoms with E-state index in [1.807, 2.05) is 78.9 Å². The van der Waals surface area contributed by atoms with Gasteiger partial charge in [0.25, 0.3) is 0 Å². The Morgan fingerprint density at radius 2 is 1.44 bits per heavy atom. The number of hydrogen-bond donors (Lipinski definition) is 0. The summed E-state index contributed by atoms with van der Waals surface area (Å²) in [7, 11) is 6.17. The predicted octanol–water partition coefficient (Wildman–Crippen LogP) is 6.00. The van der Waals surface area contributed by atoms with Crippen molar-refractivity contribution in [1.82, 2.24) is 0 Å². The van der Waals surface area contributed by atoms with Crippen molar-refractivity contribution < 1.29 is 28.5 Å². The summed E-state index contributed by atoms with van der Waals surface area (Å²) in [5, 5.41) is 1.55. The lowest BCUT2D eigenvalue weighted by atomic mass is 9.82. The van der Waals surface area contributed by atoms with Gasteiger partial charge in [0.05, 0.1) is 34.0 Å². The molecule has 4 aromatic carbocycles. The molecule has 0 fully saturated rings. The van der Waals surface area contributed by atoms with Crippen LogP contribution in [0.15, 0.2) is 78.9 Å². The molecule has 0 aromatic heterocycles. The van der Waals surface area contributed by atoms with Gasteiger partial charge in [-0.2, -0.15) is 0 Å². The topological polar surface area (TPSA) is 63.2 Å². The second kappa shape index (κ2) is 9.30. The van der Waals surface area contributed by atoms with Gasteiger partial charge < -0.3 is 23.7 Å². The van der Waals surface area contributed by atoms with Crippen molar-refractivity contribution in [1.29, 1.82) is 0 Å². The molecule has 0 bridgehead atoms. The van der Waals surface area contributed by atoms with E-state index < -0.39 is 11.6 Å². The SMILES string of the molecule is COC(=O)c1cc2cc(OC)c(OC)cc2c2c1C=CC(c1ccccc1)(c1ccc(OC)cc1)O2. The highest BCUT2D eigenvalue weighted by atomic mass is 16.5. The molecule has 0 saturated heterocycles. The zero-order valence-electron chi connectivity index (χ0n) is 20.5. The zero-order valence-corrected chi connectivity index (χ0v) is 20.5. The summed E-state index contributed by atoms with van der Waals surface area (Å²) in [6.07, 6.45) is 3.91. The third kappa shape index (κ3) is 3.71. The molecule has 0 amide bonds. The molecule has 0 N–H and O–H groups in total. The Bertz CT molecular complexity index is 1460. The van der Waals surface area contributed by atoms with E-state index in [1.54, 1.807) is 27.4 Å². The summed E-state index contributed by atoms with van der Waals surface area (Å²) >= 11 is 0. The molecular weight excluding hydrogens is 456 g/mol. The summed E-state index contributed by atoms with van der Waals surface area (Å²) in [4.78, 5) is 12.8. The summed E-state index contributed by atoms with van der Waals surface area (Å²) in [6.45, 7) is 0. The van der Waals surface area contributed by atoms with Crippen LogP contribution in [0.3, 0.4) is 0 Å². The van der Waals surface area contributed by atoms with Crippen LogP contribution in [0.2, 0.25) is 0 Å². The fourth-order valence-corrected chi connectivity index (χ4v) is 4.66. The van der Waals surface area contributed by atoms with Gasteiger partial charge in [-0.05, 0) is 47.9 Å². The van der Waals surface area contributed by atoms with Crippen molar-refractivity contribution >= 4 is 22.8 Å². The standard InChI is InChI=1S/C30H26O6/c1-32-22-12-10-21(11-13-22)30(20-8-6-5-7-9-20)15-14-23-25(29(31)35-4)16-19-17-26(33-2)27(34-3)18-24(19)28(23)36-30/h5-18H,1-4H3. The van der Waals surface area contributed by atoms with Gasteiger partial charge >= 0.3 is 5.97 Å². The average Bonchev–Trinajstić information content (AvgIpc) is 2.95. The lowest BCUT2D eigenvalue weighted by Gasteiger charge is -2.37. The third-order valence-electron chi connectivity index (χ3n) is 6.51. The van der Waals surface area contributed by atoms with Crippen LogP contribution in [0.4, 0.5) is 0 Å². The molecule has 4 aromatic rings. The van der Waals surface area contributed by atoms with Gasteiger partial charge in [-0.1, -0.05) is 42.5 Å². The molecule has 0 spiro atoms. The Kier molecular flexibility index (Phi) is 6.02. The molecule has 1 heterocycles. The molecule has 0 radical (unpaired) electrons. The van der Waals surface area contributed by atoms with Crippen molar-refractivity contribution in [2.24, 2.45) is 0 Å². The Morgan fingerprint density at radius 1 is 0.778 bits per heavy atom. The number of methoxy groups -OCH3 is 4. The van der Waals surface area contributed by atoms with E-state index >= 15 is 0 Å². The maximum Gasteiger partial charge on any atom is 0.338 e. The van der Waals surface area contributed by atoms with Gasteiger partial charge in [0.1, 0.15) is 11.5 Å². The van der Waals surface area contributed by atoms with Crippen LogP contribution in [0.25, 0.3) is 16.8 Å². The number of esters is 1. The molecule has 0 aliphatic carbocycles.